The van der Waals surface area contributed by atoms with E-state index in [0.717, 1.165) is 0 Å². The lowest BCUT2D eigenvalue weighted by atomic mass is 10.0. The van der Waals surface area contributed by atoms with Crippen molar-refractivity contribution in [2.24, 2.45) is 4.99 Å². The molecule has 2 heterocycles. The smallest absolute Gasteiger partial charge is 0.349 e. The van der Waals surface area contributed by atoms with Gasteiger partial charge in [-0.1, -0.05) is 18.7 Å². The number of hydrazine groups is 1. The molecule has 2 aliphatic rings. The molecular weight excluding hydrogens is 509 g/mol. The number of benzene rings is 2. The minimum atomic E-state index is -4.99. The summed E-state index contributed by atoms with van der Waals surface area (Å²) in [6.45, 7) is 5.84. The maximum Gasteiger partial charge on any atom is 0.416 e. The fraction of sp³-hybridized carbons (Fsp3) is 0.375. The van der Waals surface area contributed by atoms with E-state index in [4.69, 9.17) is 9.47 Å². The standard InChI is InChI=1S/C24H23F7N4O2/c1-13(16-9-17(23(26,27)28)11-18(10-16)24(29,30)31)37-22-21(15-3-5-19(25)6-4-15)35(7-8-36-22)12-20-32-14(2)33-34-20/h3-6,9-11,13,21-22,33H,2,7-8,12H2,1H3,(H,32,34)/t13-,21+,22-/m0/s1. The van der Waals surface area contributed by atoms with E-state index >= 15 is 0 Å². The summed E-state index contributed by atoms with van der Waals surface area (Å²) in [4.78, 5) is 6.12. The first kappa shape index (κ1) is 26.9. The third kappa shape index (κ3) is 6.40. The number of hydrogen-bond donors (Lipinski definition) is 2. The average molecular weight is 532 g/mol. The monoisotopic (exact) mass is 532 g/mol. The Balaban J connectivity index is 1.65. The summed E-state index contributed by atoms with van der Waals surface area (Å²) in [5.41, 5.74) is 2.99. The maximum atomic E-state index is 13.6. The quantitative estimate of drug-likeness (QED) is 0.494. The van der Waals surface area contributed by atoms with Crippen molar-refractivity contribution in [3.8, 4) is 0 Å². The molecule has 13 heteroatoms. The Morgan fingerprint density at radius 2 is 1.68 bits per heavy atom. The van der Waals surface area contributed by atoms with Crippen molar-refractivity contribution >= 4 is 5.84 Å². The molecule has 6 nitrogen and oxygen atoms in total. The van der Waals surface area contributed by atoms with Crippen molar-refractivity contribution in [2.45, 2.75) is 37.7 Å². The van der Waals surface area contributed by atoms with Crippen LogP contribution < -0.4 is 10.9 Å². The molecule has 2 N–H and O–H groups in total. The number of amidine groups is 1. The van der Waals surface area contributed by atoms with Gasteiger partial charge in [0.15, 0.2) is 6.29 Å². The Morgan fingerprint density at radius 1 is 1.05 bits per heavy atom. The van der Waals surface area contributed by atoms with Gasteiger partial charge < -0.3 is 9.47 Å². The number of nitrogens with zero attached hydrogens (tertiary/aromatic N) is 2. The van der Waals surface area contributed by atoms with Crippen molar-refractivity contribution < 1.29 is 40.2 Å². The van der Waals surface area contributed by atoms with Gasteiger partial charge >= 0.3 is 12.4 Å². The van der Waals surface area contributed by atoms with Gasteiger partial charge in [-0.25, -0.2) is 9.38 Å². The molecule has 2 aliphatic heterocycles. The zero-order valence-electron chi connectivity index (χ0n) is 19.5. The van der Waals surface area contributed by atoms with E-state index < -0.39 is 47.7 Å². The third-order valence-electron chi connectivity index (χ3n) is 5.91. The van der Waals surface area contributed by atoms with Gasteiger partial charge in [0, 0.05) is 6.54 Å². The molecule has 1 saturated heterocycles. The van der Waals surface area contributed by atoms with E-state index in [0.29, 0.717) is 35.9 Å². The van der Waals surface area contributed by atoms with Crippen LogP contribution in [0, 0.1) is 5.82 Å². The number of halogens is 7. The van der Waals surface area contributed by atoms with E-state index in [-0.39, 0.29) is 24.8 Å². The van der Waals surface area contributed by atoms with Gasteiger partial charge in [0.2, 0.25) is 0 Å². The van der Waals surface area contributed by atoms with Crippen molar-refractivity contribution in [1.82, 2.24) is 15.8 Å². The number of alkyl halides is 6. The first-order valence-electron chi connectivity index (χ1n) is 11.2. The molecule has 0 aromatic heterocycles. The van der Waals surface area contributed by atoms with Crippen LogP contribution in [0.3, 0.4) is 0 Å². The molecule has 200 valence electrons. The summed E-state index contributed by atoms with van der Waals surface area (Å²) in [7, 11) is 0. The van der Waals surface area contributed by atoms with Crippen LogP contribution in [-0.4, -0.2) is 36.7 Å². The third-order valence-corrected chi connectivity index (χ3v) is 5.91. The van der Waals surface area contributed by atoms with Gasteiger partial charge in [0.1, 0.15) is 17.5 Å². The van der Waals surface area contributed by atoms with Crippen LogP contribution >= 0.6 is 0 Å². The van der Waals surface area contributed by atoms with Gasteiger partial charge in [-0.15, -0.1) is 0 Å². The number of rotatable bonds is 6. The molecule has 0 saturated carbocycles. The summed E-state index contributed by atoms with van der Waals surface area (Å²) in [6, 6.07) is 6.13. The van der Waals surface area contributed by atoms with E-state index in [2.05, 4.69) is 22.4 Å². The number of ether oxygens (including phenoxy) is 2. The topological polar surface area (TPSA) is 58.1 Å². The highest BCUT2D eigenvalue weighted by Crippen LogP contribution is 2.39. The van der Waals surface area contributed by atoms with Crippen LogP contribution in [0.2, 0.25) is 0 Å². The highest BCUT2D eigenvalue weighted by Gasteiger charge is 2.39. The minimum absolute atomic E-state index is 0.0631. The second-order valence-electron chi connectivity index (χ2n) is 8.58. The van der Waals surface area contributed by atoms with Gasteiger partial charge in [-0.2, -0.15) is 26.3 Å². The van der Waals surface area contributed by atoms with Crippen LogP contribution in [-0.2, 0) is 21.8 Å². The molecule has 0 bridgehead atoms. The molecule has 4 rings (SSSR count). The first-order chi connectivity index (χ1) is 17.3. The van der Waals surface area contributed by atoms with Crippen molar-refractivity contribution in [1.29, 1.82) is 0 Å². The summed E-state index contributed by atoms with van der Waals surface area (Å²) < 4.78 is 105. The molecule has 37 heavy (non-hydrogen) atoms. The zero-order valence-corrected chi connectivity index (χ0v) is 19.5. The number of morpholine rings is 1. The van der Waals surface area contributed by atoms with E-state index in [1.54, 1.807) is 0 Å². The van der Waals surface area contributed by atoms with Crippen molar-refractivity contribution in [3.05, 3.63) is 82.9 Å². The lowest BCUT2D eigenvalue weighted by Crippen LogP contribution is -2.50. The normalized spacial score (nSPS) is 21.8. The first-order valence-corrected chi connectivity index (χ1v) is 11.2. The van der Waals surface area contributed by atoms with E-state index in [1.165, 1.54) is 31.2 Å². The molecule has 0 aliphatic carbocycles. The Kier molecular flexibility index (Phi) is 7.49. The average Bonchev–Trinajstić information content (AvgIpc) is 3.23. The van der Waals surface area contributed by atoms with Crippen LogP contribution in [0.25, 0.3) is 0 Å². The summed E-state index contributed by atoms with van der Waals surface area (Å²) in [5.74, 6) is 0.440. The Hall–Kier alpha value is -3.16. The van der Waals surface area contributed by atoms with Gasteiger partial charge in [0.25, 0.3) is 0 Å². The SMILES string of the molecule is C=C1N=C(CN2CCO[C@@H](O[C@@H](C)c3cc(C(F)(F)F)cc(C(F)(F)F)c3)[C@H]2c2ccc(F)cc2)NN1. The van der Waals surface area contributed by atoms with Crippen molar-refractivity contribution in [2.75, 3.05) is 19.7 Å². The Morgan fingerprint density at radius 3 is 2.22 bits per heavy atom. The molecule has 1 fully saturated rings. The van der Waals surface area contributed by atoms with Gasteiger partial charge in [-0.05, 0) is 48.4 Å². The van der Waals surface area contributed by atoms with Crippen LogP contribution in [0.4, 0.5) is 30.7 Å². The summed E-state index contributed by atoms with van der Waals surface area (Å²) >= 11 is 0. The fourth-order valence-corrected chi connectivity index (χ4v) is 4.13. The predicted octanol–water partition coefficient (Wildman–Crippen LogP) is 5.32. The lowest BCUT2D eigenvalue weighted by molar-refractivity contribution is -0.227. The minimum Gasteiger partial charge on any atom is -0.349 e. The fourth-order valence-electron chi connectivity index (χ4n) is 4.13. The number of nitrogens with one attached hydrogen (secondary N) is 2. The molecule has 0 spiro atoms. The largest absolute Gasteiger partial charge is 0.416 e. The molecular formula is C24H23F7N4O2. The van der Waals surface area contributed by atoms with E-state index in [9.17, 15) is 30.7 Å². The second kappa shape index (κ2) is 10.3. The molecule has 2 aromatic carbocycles. The predicted molar refractivity (Wildman–Crippen MR) is 119 cm³/mol. The Labute approximate surface area is 207 Å². The molecule has 0 amide bonds. The highest BCUT2D eigenvalue weighted by atomic mass is 19.4. The maximum absolute atomic E-state index is 13.6. The molecule has 0 unspecified atom stereocenters. The van der Waals surface area contributed by atoms with E-state index in [1.807, 2.05) is 4.90 Å². The zero-order chi connectivity index (χ0) is 27.0. The number of hydrogen-bond acceptors (Lipinski definition) is 6. The highest BCUT2D eigenvalue weighted by molar-refractivity contribution is 5.86. The second-order valence-corrected chi connectivity index (χ2v) is 8.58. The summed E-state index contributed by atoms with van der Waals surface area (Å²) in [6.07, 6.45) is -12.3. The van der Waals surface area contributed by atoms with Gasteiger partial charge in [0.05, 0.1) is 36.4 Å². The molecule has 3 atom stereocenters. The molecule has 2 aromatic rings. The number of aliphatic imine (C=N–C) groups is 1. The Bertz CT molecular complexity index is 1130. The molecule has 0 radical (unpaired) electrons. The van der Waals surface area contributed by atoms with Gasteiger partial charge in [-0.3, -0.25) is 15.8 Å². The van der Waals surface area contributed by atoms with Crippen LogP contribution in [0.5, 0.6) is 0 Å². The van der Waals surface area contributed by atoms with Crippen LogP contribution in [0.15, 0.2) is 59.9 Å². The summed E-state index contributed by atoms with van der Waals surface area (Å²) in [5, 5.41) is 0. The van der Waals surface area contributed by atoms with Crippen LogP contribution in [0.1, 0.15) is 41.3 Å². The van der Waals surface area contributed by atoms with Crippen molar-refractivity contribution in [3.63, 3.8) is 0 Å². The lowest BCUT2D eigenvalue weighted by Gasteiger charge is -2.42.